The number of nitrogens with two attached hydrogens (primary N) is 1. The molecule has 0 radical (unpaired) electrons. The van der Waals surface area contributed by atoms with E-state index >= 15 is 0 Å². The largest absolute Gasteiger partial charge is 0.393 e. The first kappa shape index (κ1) is 11.6. The number of halogens is 2. The van der Waals surface area contributed by atoms with E-state index in [-0.39, 0.29) is 11.0 Å². The topological polar surface area (TPSA) is 55.0 Å². The summed E-state index contributed by atoms with van der Waals surface area (Å²) in [5.74, 6) is 0.187. The number of aromatic nitrogens is 2. The van der Waals surface area contributed by atoms with Crippen LogP contribution >= 0.6 is 11.6 Å². The maximum absolute atomic E-state index is 12.8. The Labute approximate surface area is 103 Å². The molecule has 88 valence electrons. The Hall–Kier alpha value is -1.88. The highest BCUT2D eigenvalue weighted by atomic mass is 35.5. The van der Waals surface area contributed by atoms with E-state index in [9.17, 15) is 4.39 Å². The van der Waals surface area contributed by atoms with E-state index in [1.165, 1.54) is 18.5 Å². The van der Waals surface area contributed by atoms with Crippen molar-refractivity contribution in [3.63, 3.8) is 0 Å². The fourth-order valence-corrected chi connectivity index (χ4v) is 1.55. The molecule has 0 unspecified atom stereocenters. The molecule has 17 heavy (non-hydrogen) atoms. The van der Waals surface area contributed by atoms with Crippen LogP contribution in [0.1, 0.15) is 0 Å². The zero-order valence-corrected chi connectivity index (χ0v) is 9.82. The molecular weight excluding hydrogens is 243 g/mol. The van der Waals surface area contributed by atoms with Crippen LogP contribution in [0.3, 0.4) is 0 Å². The number of hydrogen-bond acceptors (Lipinski definition) is 4. The standard InChI is InChI=1S/C11H10ClFN4/c1-17(8-4-2-7(13)3-5-8)11-9(14)10(12)15-6-16-11/h2-6H,14H2,1H3. The summed E-state index contributed by atoms with van der Waals surface area (Å²) in [7, 11) is 1.77. The van der Waals surface area contributed by atoms with Crippen molar-refractivity contribution >= 4 is 28.8 Å². The van der Waals surface area contributed by atoms with Gasteiger partial charge in [-0.15, -0.1) is 0 Å². The summed E-state index contributed by atoms with van der Waals surface area (Å²) in [5.41, 5.74) is 6.83. The molecule has 0 aliphatic heterocycles. The van der Waals surface area contributed by atoms with Crippen LogP contribution in [-0.2, 0) is 0 Å². The van der Waals surface area contributed by atoms with Gasteiger partial charge in [0.05, 0.1) is 0 Å². The van der Waals surface area contributed by atoms with Crippen molar-refractivity contribution < 1.29 is 4.39 Å². The van der Waals surface area contributed by atoms with Crippen LogP contribution in [0.4, 0.5) is 21.6 Å². The van der Waals surface area contributed by atoms with E-state index < -0.39 is 0 Å². The molecule has 1 aromatic heterocycles. The third-order valence-electron chi connectivity index (χ3n) is 2.35. The summed E-state index contributed by atoms with van der Waals surface area (Å²) in [6.07, 6.45) is 1.33. The van der Waals surface area contributed by atoms with Crippen LogP contribution in [0.2, 0.25) is 5.15 Å². The van der Waals surface area contributed by atoms with E-state index in [2.05, 4.69) is 9.97 Å². The average Bonchev–Trinajstić information content (AvgIpc) is 2.33. The molecule has 0 fully saturated rings. The second-order valence-corrected chi connectivity index (χ2v) is 3.80. The summed E-state index contributed by atoms with van der Waals surface area (Å²) in [6.45, 7) is 0. The van der Waals surface area contributed by atoms with E-state index in [0.717, 1.165) is 5.69 Å². The predicted molar refractivity (Wildman–Crippen MR) is 65.9 cm³/mol. The Bertz CT molecular complexity index is 529. The lowest BCUT2D eigenvalue weighted by Gasteiger charge is -2.19. The first-order valence-corrected chi connectivity index (χ1v) is 5.22. The zero-order valence-electron chi connectivity index (χ0n) is 9.06. The van der Waals surface area contributed by atoms with Gasteiger partial charge in [0.15, 0.2) is 11.0 Å². The minimum atomic E-state index is -0.296. The Morgan fingerprint density at radius 1 is 1.24 bits per heavy atom. The molecule has 2 aromatic rings. The van der Waals surface area contributed by atoms with E-state index in [1.807, 2.05) is 0 Å². The van der Waals surface area contributed by atoms with Gasteiger partial charge in [-0.05, 0) is 24.3 Å². The van der Waals surface area contributed by atoms with E-state index in [0.29, 0.717) is 11.5 Å². The van der Waals surface area contributed by atoms with Crippen molar-refractivity contribution in [1.29, 1.82) is 0 Å². The lowest BCUT2D eigenvalue weighted by Crippen LogP contribution is -2.14. The zero-order chi connectivity index (χ0) is 12.4. The molecule has 0 saturated carbocycles. The van der Waals surface area contributed by atoms with Gasteiger partial charge in [-0.25, -0.2) is 14.4 Å². The van der Waals surface area contributed by atoms with Crippen molar-refractivity contribution in [3.05, 3.63) is 41.6 Å². The molecule has 4 nitrogen and oxygen atoms in total. The fraction of sp³-hybridized carbons (Fsp3) is 0.0909. The summed E-state index contributed by atoms with van der Waals surface area (Å²) < 4.78 is 12.8. The minimum absolute atomic E-state index is 0.198. The van der Waals surface area contributed by atoms with Crippen LogP contribution < -0.4 is 10.6 Å². The normalized spacial score (nSPS) is 10.3. The highest BCUT2D eigenvalue weighted by Crippen LogP contribution is 2.29. The Kier molecular flexibility index (Phi) is 3.10. The lowest BCUT2D eigenvalue weighted by atomic mass is 10.3. The van der Waals surface area contributed by atoms with Gasteiger partial charge in [-0.1, -0.05) is 11.6 Å². The summed E-state index contributed by atoms with van der Waals surface area (Å²) in [4.78, 5) is 9.53. The van der Waals surface area contributed by atoms with Crippen molar-refractivity contribution in [2.75, 3.05) is 17.7 Å². The van der Waals surface area contributed by atoms with Crippen molar-refractivity contribution in [2.24, 2.45) is 0 Å². The second kappa shape index (κ2) is 4.55. The minimum Gasteiger partial charge on any atom is -0.393 e. The highest BCUT2D eigenvalue weighted by Gasteiger charge is 2.12. The van der Waals surface area contributed by atoms with Gasteiger partial charge in [0.1, 0.15) is 17.8 Å². The number of nitrogens with zero attached hydrogens (tertiary/aromatic N) is 3. The van der Waals surface area contributed by atoms with Gasteiger partial charge < -0.3 is 10.6 Å². The smallest absolute Gasteiger partial charge is 0.161 e. The highest BCUT2D eigenvalue weighted by molar-refractivity contribution is 6.32. The Balaban J connectivity index is 2.40. The van der Waals surface area contributed by atoms with Gasteiger partial charge >= 0.3 is 0 Å². The first-order chi connectivity index (χ1) is 8.09. The summed E-state index contributed by atoms with van der Waals surface area (Å²) >= 11 is 5.81. The van der Waals surface area contributed by atoms with Crippen molar-refractivity contribution in [1.82, 2.24) is 9.97 Å². The molecule has 0 aliphatic rings. The predicted octanol–water partition coefficient (Wildman–Crippen LogP) is 2.62. The van der Waals surface area contributed by atoms with E-state index in [1.54, 1.807) is 24.1 Å². The Morgan fingerprint density at radius 2 is 1.88 bits per heavy atom. The summed E-state index contributed by atoms with van der Waals surface area (Å²) in [5, 5.41) is 0.198. The van der Waals surface area contributed by atoms with Crippen LogP contribution in [0.15, 0.2) is 30.6 Å². The van der Waals surface area contributed by atoms with E-state index in [4.69, 9.17) is 17.3 Å². The molecule has 0 aliphatic carbocycles. The third-order valence-corrected chi connectivity index (χ3v) is 2.65. The number of hydrogen-bond donors (Lipinski definition) is 1. The van der Waals surface area contributed by atoms with Crippen molar-refractivity contribution in [3.8, 4) is 0 Å². The Morgan fingerprint density at radius 3 is 2.53 bits per heavy atom. The summed E-state index contributed by atoms with van der Waals surface area (Å²) in [6, 6.07) is 5.99. The molecule has 6 heteroatoms. The maximum atomic E-state index is 12.8. The molecular formula is C11H10ClFN4. The fourth-order valence-electron chi connectivity index (χ4n) is 1.42. The van der Waals surface area contributed by atoms with Crippen LogP contribution in [0.5, 0.6) is 0 Å². The second-order valence-electron chi connectivity index (χ2n) is 3.44. The van der Waals surface area contributed by atoms with Gasteiger partial charge in [0.2, 0.25) is 0 Å². The van der Waals surface area contributed by atoms with Crippen LogP contribution in [0.25, 0.3) is 0 Å². The molecule has 1 aromatic carbocycles. The molecule has 2 N–H and O–H groups in total. The molecule has 1 heterocycles. The van der Waals surface area contributed by atoms with Crippen LogP contribution in [0, 0.1) is 5.82 Å². The molecule has 0 spiro atoms. The molecule has 0 atom stereocenters. The van der Waals surface area contributed by atoms with Gasteiger partial charge in [0, 0.05) is 12.7 Å². The molecule has 0 saturated heterocycles. The van der Waals surface area contributed by atoms with Crippen molar-refractivity contribution in [2.45, 2.75) is 0 Å². The quantitative estimate of drug-likeness (QED) is 0.835. The maximum Gasteiger partial charge on any atom is 0.161 e. The van der Waals surface area contributed by atoms with Gasteiger partial charge in [0.25, 0.3) is 0 Å². The number of nitrogen functional groups attached to an aromatic ring is 1. The number of benzene rings is 1. The monoisotopic (exact) mass is 252 g/mol. The number of anilines is 3. The average molecular weight is 253 g/mol. The lowest BCUT2D eigenvalue weighted by molar-refractivity contribution is 0.628. The van der Waals surface area contributed by atoms with Gasteiger partial charge in [-0.2, -0.15) is 0 Å². The first-order valence-electron chi connectivity index (χ1n) is 4.85. The van der Waals surface area contributed by atoms with Gasteiger partial charge in [-0.3, -0.25) is 0 Å². The molecule has 0 bridgehead atoms. The number of rotatable bonds is 2. The third kappa shape index (κ3) is 2.29. The molecule has 0 amide bonds. The SMILES string of the molecule is CN(c1ccc(F)cc1)c1ncnc(Cl)c1N. The van der Waals surface area contributed by atoms with Crippen LogP contribution in [-0.4, -0.2) is 17.0 Å². The molecule has 2 rings (SSSR count).